The summed E-state index contributed by atoms with van der Waals surface area (Å²) >= 11 is 12.0. The first-order valence-electron chi connectivity index (χ1n) is 11.4. The number of amides is 2. The van der Waals surface area contributed by atoms with Gasteiger partial charge in [0.1, 0.15) is 0 Å². The van der Waals surface area contributed by atoms with Crippen LogP contribution in [0.2, 0.25) is 10.0 Å². The molecule has 5 heteroatoms. The lowest BCUT2D eigenvalue weighted by molar-refractivity contribution is 0.252. The molecule has 0 radical (unpaired) electrons. The summed E-state index contributed by atoms with van der Waals surface area (Å²) in [7, 11) is 0. The second kappa shape index (κ2) is 18.3. The number of unbranched alkanes of at least 4 members (excludes halogenated alkanes) is 9. The first kappa shape index (κ1) is 26.6. The van der Waals surface area contributed by atoms with Crippen LogP contribution in [0.5, 0.6) is 0 Å². The molecule has 3 nitrogen and oxygen atoms in total. The van der Waals surface area contributed by atoms with Crippen molar-refractivity contribution < 1.29 is 4.79 Å². The molecule has 0 atom stereocenters. The van der Waals surface area contributed by atoms with Gasteiger partial charge in [-0.2, -0.15) is 0 Å². The third-order valence-corrected chi connectivity index (χ3v) is 5.40. The standard InChI is InChI=1S/C25H38Cl2N2O/c1-2-3-4-5-6-7-8-9-10-11-12-13-14-15-16-17-20-28-25(30)29-24-21-22(26)18-19-23(24)27/h6-7,9-10,18-19,21H,2-5,8,11-17,20H2,1H3,(H2,28,29,30)/b7-6+,10-9+. The lowest BCUT2D eigenvalue weighted by atomic mass is 10.1. The summed E-state index contributed by atoms with van der Waals surface area (Å²) < 4.78 is 0. The molecule has 1 aromatic rings. The van der Waals surface area contributed by atoms with Crippen LogP contribution in [0.15, 0.2) is 42.5 Å². The fourth-order valence-corrected chi connectivity index (χ4v) is 3.41. The predicted molar refractivity (Wildman–Crippen MR) is 133 cm³/mol. The van der Waals surface area contributed by atoms with Crippen LogP contribution in [0.4, 0.5) is 10.5 Å². The molecule has 168 valence electrons. The Bertz CT molecular complexity index is 644. The van der Waals surface area contributed by atoms with E-state index in [1.807, 2.05) is 0 Å². The van der Waals surface area contributed by atoms with Gasteiger partial charge in [0.2, 0.25) is 0 Å². The maximum atomic E-state index is 11.9. The van der Waals surface area contributed by atoms with E-state index in [4.69, 9.17) is 23.2 Å². The van der Waals surface area contributed by atoms with E-state index in [2.05, 4.69) is 41.9 Å². The van der Waals surface area contributed by atoms with E-state index in [0.717, 1.165) is 19.3 Å². The fourth-order valence-electron chi connectivity index (χ4n) is 3.07. The number of rotatable bonds is 16. The van der Waals surface area contributed by atoms with Crippen molar-refractivity contribution in [3.05, 3.63) is 52.5 Å². The van der Waals surface area contributed by atoms with Gasteiger partial charge < -0.3 is 10.6 Å². The summed E-state index contributed by atoms with van der Waals surface area (Å²) in [6.07, 6.45) is 23.7. The lowest BCUT2D eigenvalue weighted by Crippen LogP contribution is -2.29. The van der Waals surface area contributed by atoms with E-state index in [1.54, 1.807) is 18.2 Å². The van der Waals surface area contributed by atoms with Crippen LogP contribution in [0.3, 0.4) is 0 Å². The Hall–Kier alpha value is -1.45. The quantitative estimate of drug-likeness (QED) is 0.190. The predicted octanol–water partition coefficient (Wildman–Crippen LogP) is 8.93. The van der Waals surface area contributed by atoms with Crippen molar-refractivity contribution in [1.29, 1.82) is 0 Å². The number of benzene rings is 1. The first-order valence-corrected chi connectivity index (χ1v) is 12.2. The topological polar surface area (TPSA) is 41.1 Å². The summed E-state index contributed by atoms with van der Waals surface area (Å²) in [5, 5.41) is 6.61. The summed E-state index contributed by atoms with van der Waals surface area (Å²) in [4.78, 5) is 11.9. The van der Waals surface area contributed by atoms with E-state index in [1.165, 1.54) is 57.8 Å². The third kappa shape index (κ3) is 14.5. The van der Waals surface area contributed by atoms with Crippen molar-refractivity contribution in [3.63, 3.8) is 0 Å². The van der Waals surface area contributed by atoms with Crippen LogP contribution < -0.4 is 10.6 Å². The zero-order valence-electron chi connectivity index (χ0n) is 18.4. The van der Waals surface area contributed by atoms with Gasteiger partial charge in [-0.1, -0.05) is 93.0 Å². The second-order valence-electron chi connectivity index (χ2n) is 7.59. The van der Waals surface area contributed by atoms with Crippen LogP contribution in [-0.2, 0) is 0 Å². The molecule has 2 amide bonds. The minimum Gasteiger partial charge on any atom is -0.338 e. The molecule has 0 aliphatic carbocycles. The Morgan fingerprint density at radius 3 is 2.20 bits per heavy atom. The Morgan fingerprint density at radius 1 is 0.867 bits per heavy atom. The molecule has 2 N–H and O–H groups in total. The molecular weight excluding hydrogens is 415 g/mol. The Balaban J connectivity index is 1.91. The number of hydrogen-bond acceptors (Lipinski definition) is 1. The minimum atomic E-state index is -0.248. The van der Waals surface area contributed by atoms with Crippen LogP contribution in [0.25, 0.3) is 0 Å². The molecule has 1 aromatic carbocycles. The molecule has 0 aliphatic heterocycles. The van der Waals surface area contributed by atoms with E-state index in [-0.39, 0.29) is 6.03 Å². The highest BCUT2D eigenvalue weighted by Crippen LogP contribution is 2.25. The van der Waals surface area contributed by atoms with Gasteiger partial charge >= 0.3 is 6.03 Å². The second-order valence-corrected chi connectivity index (χ2v) is 8.43. The van der Waals surface area contributed by atoms with Gasteiger partial charge in [0.05, 0.1) is 10.7 Å². The van der Waals surface area contributed by atoms with Gasteiger partial charge in [0.15, 0.2) is 0 Å². The van der Waals surface area contributed by atoms with Crippen LogP contribution >= 0.6 is 23.2 Å². The summed E-state index contributed by atoms with van der Waals surface area (Å²) in [6.45, 7) is 2.91. The van der Waals surface area contributed by atoms with Gasteiger partial charge in [0, 0.05) is 11.6 Å². The van der Waals surface area contributed by atoms with Crippen molar-refractivity contribution in [1.82, 2.24) is 5.32 Å². The normalized spacial score (nSPS) is 11.4. The maximum absolute atomic E-state index is 11.9. The van der Waals surface area contributed by atoms with E-state index >= 15 is 0 Å². The minimum absolute atomic E-state index is 0.248. The number of urea groups is 1. The first-order chi connectivity index (χ1) is 14.6. The van der Waals surface area contributed by atoms with Crippen molar-refractivity contribution >= 4 is 34.9 Å². The molecule has 0 saturated carbocycles. The molecule has 0 spiro atoms. The SMILES string of the molecule is CCCCC/C=C/C/C=C/CCCCCCCCNC(=O)Nc1cc(Cl)ccc1Cl. The van der Waals surface area contributed by atoms with Crippen LogP contribution in [0.1, 0.15) is 84.0 Å². The van der Waals surface area contributed by atoms with Crippen LogP contribution in [0, 0.1) is 0 Å². The highest BCUT2D eigenvalue weighted by Gasteiger charge is 2.05. The molecule has 0 heterocycles. The highest BCUT2D eigenvalue weighted by molar-refractivity contribution is 6.35. The lowest BCUT2D eigenvalue weighted by Gasteiger charge is -2.09. The fraction of sp³-hybridized carbons (Fsp3) is 0.560. The Labute approximate surface area is 193 Å². The molecular formula is C25H38Cl2N2O. The molecule has 0 aromatic heterocycles. The number of nitrogens with one attached hydrogen (secondary N) is 2. The number of anilines is 1. The molecule has 0 unspecified atom stereocenters. The number of carbonyl (C=O) groups is 1. The van der Waals surface area contributed by atoms with Crippen molar-refractivity contribution in [3.8, 4) is 0 Å². The van der Waals surface area contributed by atoms with E-state index < -0.39 is 0 Å². The Kier molecular flexibility index (Phi) is 16.2. The van der Waals surface area contributed by atoms with Gasteiger partial charge in [-0.15, -0.1) is 0 Å². The average Bonchev–Trinajstić information content (AvgIpc) is 2.73. The van der Waals surface area contributed by atoms with E-state index in [9.17, 15) is 4.79 Å². The van der Waals surface area contributed by atoms with Crippen molar-refractivity contribution in [2.24, 2.45) is 0 Å². The summed E-state index contributed by atoms with van der Waals surface area (Å²) in [5.74, 6) is 0. The van der Waals surface area contributed by atoms with Gasteiger partial charge in [-0.05, 0) is 56.7 Å². The number of hydrogen-bond donors (Lipinski definition) is 2. The van der Waals surface area contributed by atoms with Gasteiger partial charge in [-0.25, -0.2) is 4.79 Å². The molecule has 30 heavy (non-hydrogen) atoms. The molecule has 0 fully saturated rings. The molecule has 0 bridgehead atoms. The number of carbonyl (C=O) groups excluding carboxylic acids is 1. The molecule has 0 saturated heterocycles. The maximum Gasteiger partial charge on any atom is 0.319 e. The average molecular weight is 453 g/mol. The van der Waals surface area contributed by atoms with Crippen molar-refractivity contribution in [2.75, 3.05) is 11.9 Å². The van der Waals surface area contributed by atoms with Gasteiger partial charge in [-0.3, -0.25) is 0 Å². The van der Waals surface area contributed by atoms with Crippen LogP contribution in [-0.4, -0.2) is 12.6 Å². The number of allylic oxidation sites excluding steroid dienone is 4. The highest BCUT2D eigenvalue weighted by atomic mass is 35.5. The van der Waals surface area contributed by atoms with Crippen molar-refractivity contribution in [2.45, 2.75) is 84.0 Å². The molecule has 0 aliphatic rings. The smallest absolute Gasteiger partial charge is 0.319 e. The summed E-state index contributed by atoms with van der Waals surface area (Å²) in [5.41, 5.74) is 0.527. The monoisotopic (exact) mass is 452 g/mol. The third-order valence-electron chi connectivity index (χ3n) is 4.84. The number of halogens is 2. The zero-order valence-corrected chi connectivity index (χ0v) is 19.9. The van der Waals surface area contributed by atoms with E-state index in [0.29, 0.717) is 22.3 Å². The largest absolute Gasteiger partial charge is 0.338 e. The Morgan fingerprint density at radius 2 is 1.50 bits per heavy atom. The van der Waals surface area contributed by atoms with Gasteiger partial charge in [0.25, 0.3) is 0 Å². The zero-order chi connectivity index (χ0) is 21.9. The molecule has 1 rings (SSSR count). The summed E-state index contributed by atoms with van der Waals surface area (Å²) in [6, 6.07) is 4.75.